The van der Waals surface area contributed by atoms with Crippen LogP contribution in [0, 0.1) is 5.41 Å². The first-order valence-corrected chi connectivity index (χ1v) is 6.73. The monoisotopic (exact) mass is 250 g/mol. The Morgan fingerprint density at radius 2 is 1.21 bits per heavy atom. The fraction of sp³-hybridized carbons (Fsp3) is 0.278. The molecular formula is C18H18O. The zero-order chi connectivity index (χ0) is 13.5. The largest absolute Gasteiger partial charge is 0.298 e. The van der Waals surface area contributed by atoms with Crippen molar-refractivity contribution in [2.24, 2.45) is 5.41 Å². The molecule has 0 heterocycles. The van der Waals surface area contributed by atoms with Crippen LogP contribution in [0.5, 0.6) is 0 Å². The molecule has 1 aliphatic rings. The van der Waals surface area contributed by atoms with E-state index in [0.717, 1.165) is 17.5 Å². The minimum absolute atomic E-state index is 0.217. The fourth-order valence-electron chi connectivity index (χ4n) is 3.37. The van der Waals surface area contributed by atoms with E-state index in [4.69, 9.17) is 0 Å². The number of hydrogen-bond acceptors (Lipinski definition) is 1. The summed E-state index contributed by atoms with van der Waals surface area (Å²) >= 11 is 0. The van der Waals surface area contributed by atoms with Gasteiger partial charge in [0.25, 0.3) is 0 Å². The second kappa shape index (κ2) is 4.06. The molecule has 1 fully saturated rings. The van der Waals surface area contributed by atoms with E-state index < -0.39 is 5.41 Å². The molecule has 3 rings (SSSR count). The molecule has 0 amide bonds. The summed E-state index contributed by atoms with van der Waals surface area (Å²) in [5.41, 5.74) is 1.58. The molecule has 0 atom stereocenters. The van der Waals surface area contributed by atoms with Crippen molar-refractivity contribution in [1.82, 2.24) is 0 Å². The number of carbonyl (C=O) groups is 1. The lowest BCUT2D eigenvalue weighted by atomic mass is 9.48. The molecule has 19 heavy (non-hydrogen) atoms. The van der Waals surface area contributed by atoms with Crippen molar-refractivity contribution >= 4 is 5.78 Å². The van der Waals surface area contributed by atoms with E-state index in [1.165, 1.54) is 0 Å². The number of benzene rings is 2. The van der Waals surface area contributed by atoms with Crippen LogP contribution in [0.15, 0.2) is 60.7 Å². The van der Waals surface area contributed by atoms with Crippen LogP contribution in [0.3, 0.4) is 0 Å². The molecule has 0 bridgehead atoms. The molecule has 1 heteroatoms. The lowest BCUT2D eigenvalue weighted by Crippen LogP contribution is -2.58. The van der Waals surface area contributed by atoms with Gasteiger partial charge in [-0.1, -0.05) is 74.5 Å². The van der Waals surface area contributed by atoms with Crippen molar-refractivity contribution in [2.45, 2.75) is 25.7 Å². The maximum atomic E-state index is 12.8. The normalized spacial score (nSPS) is 19.8. The maximum absolute atomic E-state index is 12.8. The van der Waals surface area contributed by atoms with E-state index in [0.29, 0.717) is 5.78 Å². The third kappa shape index (κ3) is 1.65. The standard InChI is InChI=1S/C18H18O/c1-17(2)13-18(16(17)19,14-9-5-3-6-10-14)15-11-7-4-8-12-15/h3-12H,13H2,1-2H3. The summed E-state index contributed by atoms with van der Waals surface area (Å²) in [7, 11) is 0. The number of ketones is 1. The Kier molecular flexibility index (Phi) is 2.60. The van der Waals surface area contributed by atoms with Crippen LogP contribution in [-0.2, 0) is 10.2 Å². The van der Waals surface area contributed by atoms with Crippen LogP contribution in [-0.4, -0.2) is 5.78 Å². The average molecular weight is 250 g/mol. The van der Waals surface area contributed by atoms with E-state index in [2.05, 4.69) is 24.3 Å². The van der Waals surface area contributed by atoms with Crippen molar-refractivity contribution in [3.8, 4) is 0 Å². The molecule has 0 aliphatic heterocycles. The van der Waals surface area contributed by atoms with E-state index in [1.807, 2.05) is 50.2 Å². The summed E-state index contributed by atoms with van der Waals surface area (Å²) in [4.78, 5) is 12.8. The highest BCUT2D eigenvalue weighted by Gasteiger charge is 2.59. The number of carbonyl (C=O) groups excluding carboxylic acids is 1. The predicted molar refractivity (Wildman–Crippen MR) is 77.1 cm³/mol. The molecule has 1 saturated carbocycles. The number of hydrogen-bond donors (Lipinski definition) is 0. The third-order valence-electron chi connectivity index (χ3n) is 4.24. The van der Waals surface area contributed by atoms with Gasteiger partial charge in [0, 0.05) is 5.41 Å². The molecule has 2 aromatic rings. The van der Waals surface area contributed by atoms with E-state index in [9.17, 15) is 4.79 Å². The van der Waals surface area contributed by atoms with Gasteiger partial charge in [0.05, 0.1) is 5.41 Å². The quantitative estimate of drug-likeness (QED) is 0.788. The Labute approximate surface area is 114 Å². The van der Waals surface area contributed by atoms with Gasteiger partial charge in [-0.15, -0.1) is 0 Å². The molecule has 0 radical (unpaired) electrons. The second-order valence-electron chi connectivity index (χ2n) is 6.03. The molecule has 0 saturated heterocycles. The first-order chi connectivity index (χ1) is 9.07. The summed E-state index contributed by atoms with van der Waals surface area (Å²) in [6.45, 7) is 4.08. The van der Waals surface area contributed by atoms with Gasteiger partial charge in [-0.2, -0.15) is 0 Å². The minimum atomic E-state index is -0.438. The van der Waals surface area contributed by atoms with Gasteiger partial charge in [0.15, 0.2) is 5.78 Å². The van der Waals surface area contributed by atoms with Crippen LogP contribution in [0.2, 0.25) is 0 Å². The van der Waals surface area contributed by atoms with Gasteiger partial charge in [0.2, 0.25) is 0 Å². The molecule has 0 N–H and O–H groups in total. The summed E-state index contributed by atoms with van der Waals surface area (Å²) in [6, 6.07) is 20.3. The van der Waals surface area contributed by atoms with Gasteiger partial charge < -0.3 is 0 Å². The van der Waals surface area contributed by atoms with Crippen LogP contribution in [0.1, 0.15) is 31.4 Å². The Morgan fingerprint density at radius 1 is 0.789 bits per heavy atom. The van der Waals surface area contributed by atoms with Crippen molar-refractivity contribution < 1.29 is 4.79 Å². The van der Waals surface area contributed by atoms with Gasteiger partial charge in [-0.05, 0) is 17.5 Å². The lowest BCUT2D eigenvalue weighted by molar-refractivity contribution is -0.143. The number of Topliss-reactive ketones (excluding diaryl/α,β-unsaturated/α-hetero) is 1. The van der Waals surface area contributed by atoms with Crippen molar-refractivity contribution in [3.05, 3.63) is 71.8 Å². The first-order valence-electron chi connectivity index (χ1n) is 6.73. The highest BCUT2D eigenvalue weighted by Crippen LogP contribution is 2.55. The van der Waals surface area contributed by atoms with Crippen molar-refractivity contribution in [2.75, 3.05) is 0 Å². The molecule has 96 valence electrons. The smallest absolute Gasteiger partial charge is 0.153 e. The maximum Gasteiger partial charge on any atom is 0.153 e. The summed E-state index contributed by atoms with van der Waals surface area (Å²) in [6.07, 6.45) is 0.882. The fourth-order valence-corrected chi connectivity index (χ4v) is 3.37. The average Bonchev–Trinajstić information content (AvgIpc) is 2.46. The summed E-state index contributed by atoms with van der Waals surface area (Å²) in [5.74, 6) is 0.331. The molecular weight excluding hydrogens is 232 g/mol. The van der Waals surface area contributed by atoms with Gasteiger partial charge in [0.1, 0.15) is 0 Å². The zero-order valence-electron chi connectivity index (χ0n) is 11.4. The van der Waals surface area contributed by atoms with Crippen LogP contribution < -0.4 is 0 Å². The van der Waals surface area contributed by atoms with E-state index in [-0.39, 0.29) is 5.41 Å². The Hall–Kier alpha value is -1.89. The number of rotatable bonds is 2. The summed E-state index contributed by atoms with van der Waals surface area (Å²) in [5, 5.41) is 0. The Balaban J connectivity index is 2.17. The van der Waals surface area contributed by atoms with Crippen LogP contribution in [0.4, 0.5) is 0 Å². The second-order valence-corrected chi connectivity index (χ2v) is 6.03. The lowest BCUT2D eigenvalue weighted by Gasteiger charge is -2.52. The summed E-state index contributed by atoms with van der Waals surface area (Å²) < 4.78 is 0. The zero-order valence-corrected chi connectivity index (χ0v) is 11.4. The first kappa shape index (κ1) is 12.2. The SMILES string of the molecule is CC1(C)CC(c2ccccc2)(c2ccccc2)C1=O. The Bertz CT molecular complexity index is 557. The molecule has 0 aromatic heterocycles. The third-order valence-corrected chi connectivity index (χ3v) is 4.24. The Morgan fingerprint density at radius 3 is 1.53 bits per heavy atom. The minimum Gasteiger partial charge on any atom is -0.298 e. The highest BCUT2D eigenvalue weighted by molar-refractivity contribution is 6.03. The van der Waals surface area contributed by atoms with E-state index >= 15 is 0 Å². The molecule has 2 aromatic carbocycles. The van der Waals surface area contributed by atoms with Gasteiger partial charge >= 0.3 is 0 Å². The van der Waals surface area contributed by atoms with Crippen molar-refractivity contribution in [1.29, 1.82) is 0 Å². The van der Waals surface area contributed by atoms with Crippen molar-refractivity contribution in [3.63, 3.8) is 0 Å². The topological polar surface area (TPSA) is 17.1 Å². The molecule has 1 aliphatic carbocycles. The predicted octanol–water partition coefficient (Wildman–Crippen LogP) is 3.97. The highest BCUT2D eigenvalue weighted by atomic mass is 16.1. The van der Waals surface area contributed by atoms with Crippen LogP contribution in [0.25, 0.3) is 0 Å². The van der Waals surface area contributed by atoms with Crippen LogP contribution >= 0.6 is 0 Å². The van der Waals surface area contributed by atoms with E-state index in [1.54, 1.807) is 0 Å². The molecule has 0 spiro atoms. The van der Waals surface area contributed by atoms with Gasteiger partial charge in [-0.25, -0.2) is 0 Å². The molecule has 0 unspecified atom stereocenters. The molecule has 1 nitrogen and oxygen atoms in total. The van der Waals surface area contributed by atoms with Gasteiger partial charge in [-0.3, -0.25) is 4.79 Å².